The van der Waals surface area contributed by atoms with Gasteiger partial charge in [-0.25, -0.2) is 0 Å². The van der Waals surface area contributed by atoms with Gasteiger partial charge in [0.25, 0.3) is 0 Å². The van der Waals surface area contributed by atoms with E-state index in [9.17, 15) is 4.79 Å². The molecule has 1 fully saturated rings. The highest BCUT2D eigenvalue weighted by atomic mass is 16.5. The first-order valence-electron chi connectivity index (χ1n) is 5.66. The van der Waals surface area contributed by atoms with Crippen LogP contribution in [0, 0.1) is 0 Å². The van der Waals surface area contributed by atoms with E-state index in [1.807, 2.05) is 6.92 Å². The summed E-state index contributed by atoms with van der Waals surface area (Å²) in [4.78, 5) is 11.4. The van der Waals surface area contributed by atoms with Crippen molar-refractivity contribution in [3.63, 3.8) is 0 Å². The first kappa shape index (κ1) is 12.5. The molecular formula is C11H21NO3. The van der Waals surface area contributed by atoms with E-state index < -0.39 is 0 Å². The van der Waals surface area contributed by atoms with Crippen LogP contribution in [-0.2, 0) is 14.3 Å². The lowest BCUT2D eigenvalue weighted by molar-refractivity contribution is -0.126. The molecule has 0 aliphatic heterocycles. The first-order valence-corrected chi connectivity index (χ1v) is 5.66. The molecule has 0 heterocycles. The van der Waals surface area contributed by atoms with Gasteiger partial charge in [-0.1, -0.05) is 6.92 Å². The molecule has 0 aromatic heterocycles. The van der Waals surface area contributed by atoms with E-state index in [4.69, 9.17) is 9.47 Å². The molecule has 1 amide bonds. The van der Waals surface area contributed by atoms with Gasteiger partial charge in [0.1, 0.15) is 6.61 Å². The number of nitrogens with one attached hydrogen (secondary N) is 1. The van der Waals surface area contributed by atoms with Gasteiger partial charge >= 0.3 is 0 Å². The number of carbonyl (C=O) groups is 1. The molecule has 1 rings (SSSR count). The van der Waals surface area contributed by atoms with Gasteiger partial charge in [0.05, 0.1) is 6.10 Å². The summed E-state index contributed by atoms with van der Waals surface area (Å²) in [7, 11) is 1.72. The second kappa shape index (κ2) is 6.80. The molecule has 2 atom stereocenters. The molecule has 88 valence electrons. The average Bonchev–Trinajstić information content (AvgIpc) is 2.66. The van der Waals surface area contributed by atoms with E-state index in [2.05, 4.69) is 5.32 Å². The van der Waals surface area contributed by atoms with Crippen molar-refractivity contribution in [2.75, 3.05) is 20.3 Å². The molecule has 15 heavy (non-hydrogen) atoms. The quantitative estimate of drug-likeness (QED) is 0.675. The minimum Gasteiger partial charge on any atom is -0.381 e. The molecule has 0 aromatic rings. The minimum atomic E-state index is -0.00907. The lowest BCUT2D eigenvalue weighted by atomic mass is 10.2. The second-order valence-corrected chi connectivity index (χ2v) is 3.99. The molecule has 4 heteroatoms. The smallest absolute Gasteiger partial charge is 0.246 e. The van der Waals surface area contributed by atoms with Crippen LogP contribution in [0.15, 0.2) is 0 Å². The number of hydrogen-bond acceptors (Lipinski definition) is 3. The van der Waals surface area contributed by atoms with E-state index in [1.54, 1.807) is 7.11 Å². The number of hydrogen-bond donors (Lipinski definition) is 1. The number of methoxy groups -OCH3 is 1. The van der Waals surface area contributed by atoms with Crippen LogP contribution in [0.5, 0.6) is 0 Å². The highest BCUT2D eigenvalue weighted by Crippen LogP contribution is 2.21. The van der Waals surface area contributed by atoms with Gasteiger partial charge in [-0.2, -0.15) is 0 Å². The molecule has 1 N–H and O–H groups in total. The summed E-state index contributed by atoms with van der Waals surface area (Å²) in [6.45, 7) is 2.86. The molecule has 0 bridgehead atoms. The van der Waals surface area contributed by atoms with E-state index in [-0.39, 0.29) is 18.6 Å². The van der Waals surface area contributed by atoms with E-state index >= 15 is 0 Å². The zero-order valence-electron chi connectivity index (χ0n) is 9.62. The van der Waals surface area contributed by atoms with Crippen LogP contribution in [0.4, 0.5) is 0 Å². The Balaban J connectivity index is 2.10. The molecule has 1 saturated carbocycles. The lowest BCUT2D eigenvalue weighted by Crippen LogP contribution is -2.36. The zero-order chi connectivity index (χ0) is 11.1. The van der Waals surface area contributed by atoms with E-state index in [1.165, 1.54) is 0 Å². The van der Waals surface area contributed by atoms with Crippen LogP contribution < -0.4 is 5.32 Å². The molecular weight excluding hydrogens is 194 g/mol. The molecule has 0 saturated heterocycles. The van der Waals surface area contributed by atoms with Gasteiger partial charge in [-0.3, -0.25) is 4.79 Å². The summed E-state index contributed by atoms with van der Waals surface area (Å²) in [5.74, 6) is -0.00907. The molecule has 2 unspecified atom stereocenters. The summed E-state index contributed by atoms with van der Waals surface area (Å²) < 4.78 is 10.4. The lowest BCUT2D eigenvalue weighted by Gasteiger charge is -2.12. The Morgan fingerprint density at radius 3 is 2.87 bits per heavy atom. The zero-order valence-corrected chi connectivity index (χ0v) is 9.62. The molecule has 0 spiro atoms. The van der Waals surface area contributed by atoms with Crippen LogP contribution in [0.1, 0.15) is 32.6 Å². The fraction of sp³-hybridized carbons (Fsp3) is 0.909. The first-order chi connectivity index (χ1) is 7.26. The van der Waals surface area contributed by atoms with Gasteiger partial charge in [-0.15, -0.1) is 0 Å². The summed E-state index contributed by atoms with van der Waals surface area (Å²) in [5, 5.41) is 2.96. The Labute approximate surface area is 91.3 Å². The summed E-state index contributed by atoms with van der Waals surface area (Å²) >= 11 is 0. The number of carbonyl (C=O) groups excluding carboxylic acids is 1. The average molecular weight is 215 g/mol. The Bertz CT molecular complexity index is 196. The third-order valence-corrected chi connectivity index (χ3v) is 2.66. The monoisotopic (exact) mass is 215 g/mol. The summed E-state index contributed by atoms with van der Waals surface area (Å²) in [5.41, 5.74) is 0. The summed E-state index contributed by atoms with van der Waals surface area (Å²) in [6.07, 6.45) is 4.24. The number of amides is 1. The predicted octanol–water partition coefficient (Wildman–Crippen LogP) is 1.10. The van der Waals surface area contributed by atoms with Crippen molar-refractivity contribution in [2.24, 2.45) is 0 Å². The Morgan fingerprint density at radius 1 is 1.47 bits per heavy atom. The molecule has 0 radical (unpaired) electrons. The van der Waals surface area contributed by atoms with Gasteiger partial charge in [0, 0.05) is 19.8 Å². The highest BCUT2D eigenvalue weighted by Gasteiger charge is 2.25. The van der Waals surface area contributed by atoms with Crippen molar-refractivity contribution in [1.82, 2.24) is 5.32 Å². The van der Waals surface area contributed by atoms with Crippen LogP contribution >= 0.6 is 0 Å². The number of ether oxygens (including phenoxy) is 2. The topological polar surface area (TPSA) is 47.6 Å². The molecule has 0 aromatic carbocycles. The van der Waals surface area contributed by atoms with Gasteiger partial charge in [0.2, 0.25) is 5.91 Å². The summed E-state index contributed by atoms with van der Waals surface area (Å²) in [6, 6.07) is 0.271. The van der Waals surface area contributed by atoms with Crippen LogP contribution in [0.25, 0.3) is 0 Å². The van der Waals surface area contributed by atoms with Gasteiger partial charge in [-0.05, 0) is 25.7 Å². The Kier molecular flexibility index (Phi) is 5.65. The fourth-order valence-electron chi connectivity index (χ4n) is 1.86. The second-order valence-electron chi connectivity index (χ2n) is 3.99. The van der Waals surface area contributed by atoms with Crippen molar-refractivity contribution in [3.05, 3.63) is 0 Å². The standard InChI is InChI=1S/C11H21NO3/c1-3-6-15-8-11(13)12-9-4-5-10(7-9)14-2/h9-10H,3-8H2,1-2H3,(H,12,13). The maximum Gasteiger partial charge on any atom is 0.246 e. The highest BCUT2D eigenvalue weighted by molar-refractivity contribution is 5.77. The van der Waals surface area contributed by atoms with Crippen molar-refractivity contribution in [2.45, 2.75) is 44.8 Å². The maximum absolute atomic E-state index is 11.4. The maximum atomic E-state index is 11.4. The minimum absolute atomic E-state index is 0.00907. The number of rotatable bonds is 6. The normalized spacial score (nSPS) is 25.5. The van der Waals surface area contributed by atoms with Crippen molar-refractivity contribution >= 4 is 5.91 Å². The Hall–Kier alpha value is -0.610. The van der Waals surface area contributed by atoms with Crippen molar-refractivity contribution in [3.8, 4) is 0 Å². The third-order valence-electron chi connectivity index (χ3n) is 2.66. The molecule has 1 aliphatic rings. The third kappa shape index (κ3) is 4.62. The molecule has 4 nitrogen and oxygen atoms in total. The van der Waals surface area contributed by atoms with E-state index in [0.29, 0.717) is 12.7 Å². The van der Waals surface area contributed by atoms with Crippen LogP contribution in [0.3, 0.4) is 0 Å². The van der Waals surface area contributed by atoms with Crippen molar-refractivity contribution in [1.29, 1.82) is 0 Å². The van der Waals surface area contributed by atoms with Crippen LogP contribution in [0.2, 0.25) is 0 Å². The Morgan fingerprint density at radius 2 is 2.27 bits per heavy atom. The van der Waals surface area contributed by atoms with E-state index in [0.717, 1.165) is 25.7 Å². The van der Waals surface area contributed by atoms with Crippen molar-refractivity contribution < 1.29 is 14.3 Å². The largest absolute Gasteiger partial charge is 0.381 e. The van der Waals surface area contributed by atoms with Crippen LogP contribution in [-0.4, -0.2) is 38.4 Å². The predicted molar refractivity (Wildman–Crippen MR) is 57.7 cm³/mol. The fourth-order valence-corrected chi connectivity index (χ4v) is 1.86. The van der Waals surface area contributed by atoms with Gasteiger partial charge < -0.3 is 14.8 Å². The molecule has 1 aliphatic carbocycles. The van der Waals surface area contributed by atoms with Gasteiger partial charge in [0.15, 0.2) is 0 Å². The SMILES string of the molecule is CCCOCC(=O)NC1CCC(OC)C1.